The number of carbonyl (C=O) groups excluding carboxylic acids is 2. The van der Waals surface area contributed by atoms with E-state index in [0.717, 1.165) is 17.5 Å². The van der Waals surface area contributed by atoms with Crippen molar-refractivity contribution in [2.24, 2.45) is 0 Å². The van der Waals surface area contributed by atoms with E-state index < -0.39 is 0 Å². The molecule has 1 amide bonds. The van der Waals surface area contributed by atoms with E-state index in [1.807, 2.05) is 63.2 Å². The van der Waals surface area contributed by atoms with E-state index in [9.17, 15) is 9.59 Å². The Labute approximate surface area is 156 Å². The van der Waals surface area contributed by atoms with Gasteiger partial charge in [-0.15, -0.1) is 0 Å². The summed E-state index contributed by atoms with van der Waals surface area (Å²) in [6, 6.07) is 17.0. The number of nitrogens with zero attached hydrogens (tertiary/aromatic N) is 2. The van der Waals surface area contributed by atoms with Crippen molar-refractivity contribution in [3.8, 4) is 6.07 Å². The molecule has 2 rings (SSSR count). The lowest BCUT2D eigenvalue weighted by molar-refractivity contribution is -0.128. The fourth-order valence-corrected chi connectivity index (χ4v) is 2.33. The Morgan fingerprint density at radius 3 is 2.19 bits per heavy atom. The van der Waals surface area contributed by atoms with E-state index in [1.54, 1.807) is 11.0 Å². The third kappa shape index (κ3) is 7.31. The predicted octanol–water partition coefficient (Wildman–Crippen LogP) is 4.30. The Kier molecular flexibility index (Phi) is 8.80. The van der Waals surface area contributed by atoms with Crippen LogP contribution < -0.4 is 0 Å². The van der Waals surface area contributed by atoms with Gasteiger partial charge in [-0.1, -0.05) is 48.4 Å². The first-order chi connectivity index (χ1) is 12.4. The lowest BCUT2D eigenvalue weighted by Crippen LogP contribution is -2.34. The van der Waals surface area contributed by atoms with Crippen molar-refractivity contribution in [3.05, 3.63) is 70.8 Å². The maximum absolute atomic E-state index is 12.0. The highest BCUT2D eigenvalue weighted by molar-refractivity contribution is 5.99. The zero-order valence-electron chi connectivity index (χ0n) is 16.0. The lowest BCUT2D eigenvalue weighted by atomic mass is 10.1. The summed E-state index contributed by atoms with van der Waals surface area (Å²) in [5, 5.41) is 8.38. The van der Waals surface area contributed by atoms with Crippen molar-refractivity contribution >= 4 is 11.7 Å². The number of ketones is 1. The largest absolute Gasteiger partial charge is 0.335 e. The summed E-state index contributed by atoms with van der Waals surface area (Å²) in [5.41, 5.74) is 3.64. The highest BCUT2D eigenvalue weighted by atomic mass is 16.2. The molecule has 0 radical (unpaired) electrons. The number of hydrogen-bond acceptors (Lipinski definition) is 3. The van der Waals surface area contributed by atoms with Gasteiger partial charge < -0.3 is 4.90 Å². The van der Waals surface area contributed by atoms with Crippen molar-refractivity contribution in [2.45, 2.75) is 34.1 Å². The molecule has 0 spiro atoms. The molecular weight excluding hydrogens is 324 g/mol. The predicted molar refractivity (Wildman–Crippen MR) is 104 cm³/mol. The molecule has 0 fully saturated rings. The minimum atomic E-state index is -0.0483. The second-order valence-electron chi connectivity index (χ2n) is 6.21. The Bertz CT molecular complexity index is 773. The quantitative estimate of drug-likeness (QED) is 0.755. The van der Waals surface area contributed by atoms with Gasteiger partial charge in [-0.05, 0) is 38.5 Å². The highest BCUT2D eigenvalue weighted by Gasteiger charge is 2.14. The molecule has 0 aliphatic heterocycles. The summed E-state index contributed by atoms with van der Waals surface area (Å²) in [7, 11) is 0. The van der Waals surface area contributed by atoms with Gasteiger partial charge in [0, 0.05) is 19.0 Å². The van der Waals surface area contributed by atoms with Gasteiger partial charge >= 0.3 is 0 Å². The second kappa shape index (κ2) is 10.8. The standard InChI is InChI=1S/C14H19NO2.C8H7N/c1-4-8-15(12(3)16)10-14(17)13-7-5-6-11(2)9-13;1-7-2-4-8(6-9)5-3-7/h5-7,9H,4,8,10H2,1-3H3;2-5H,1H3. The van der Waals surface area contributed by atoms with Crippen LogP contribution in [0.3, 0.4) is 0 Å². The van der Waals surface area contributed by atoms with Crippen LogP contribution in [-0.2, 0) is 4.79 Å². The zero-order chi connectivity index (χ0) is 19.5. The molecule has 0 atom stereocenters. The fourth-order valence-electron chi connectivity index (χ4n) is 2.33. The Hall–Kier alpha value is -2.93. The molecule has 4 nitrogen and oxygen atoms in total. The van der Waals surface area contributed by atoms with E-state index in [4.69, 9.17) is 5.26 Å². The Balaban J connectivity index is 0.000000314. The van der Waals surface area contributed by atoms with Crippen LogP contribution in [0.5, 0.6) is 0 Å². The van der Waals surface area contributed by atoms with E-state index in [2.05, 4.69) is 6.07 Å². The van der Waals surface area contributed by atoms with E-state index in [1.165, 1.54) is 12.5 Å². The van der Waals surface area contributed by atoms with Crippen LogP contribution in [-0.4, -0.2) is 29.7 Å². The van der Waals surface area contributed by atoms with Crippen molar-refractivity contribution in [2.75, 3.05) is 13.1 Å². The highest BCUT2D eigenvalue weighted by Crippen LogP contribution is 2.06. The smallest absolute Gasteiger partial charge is 0.219 e. The Morgan fingerprint density at radius 2 is 1.69 bits per heavy atom. The second-order valence-corrected chi connectivity index (χ2v) is 6.21. The average Bonchev–Trinajstić information content (AvgIpc) is 2.62. The normalized spacial score (nSPS) is 9.50. The molecule has 0 aliphatic rings. The first kappa shape index (κ1) is 21.1. The van der Waals surface area contributed by atoms with Crippen LogP contribution in [0, 0.1) is 25.2 Å². The fraction of sp³-hybridized carbons (Fsp3) is 0.318. The SMILES string of the molecule is CCCN(CC(=O)c1cccc(C)c1)C(C)=O.Cc1ccc(C#N)cc1. The molecule has 0 bridgehead atoms. The summed E-state index contributed by atoms with van der Waals surface area (Å²) in [4.78, 5) is 24.9. The molecule has 0 aromatic heterocycles. The number of Topliss-reactive ketones (excluding diaryl/α,β-unsaturated/α-hetero) is 1. The van der Waals surface area contributed by atoms with Crippen LogP contribution in [0.4, 0.5) is 0 Å². The molecule has 0 saturated carbocycles. The average molecular weight is 350 g/mol. The first-order valence-electron chi connectivity index (χ1n) is 8.69. The molecule has 4 heteroatoms. The number of carbonyl (C=O) groups is 2. The molecule has 2 aromatic carbocycles. The number of hydrogen-bond donors (Lipinski definition) is 0. The minimum Gasteiger partial charge on any atom is -0.335 e. The van der Waals surface area contributed by atoms with E-state index in [-0.39, 0.29) is 18.2 Å². The number of rotatable bonds is 5. The Morgan fingerprint density at radius 1 is 1.04 bits per heavy atom. The molecule has 26 heavy (non-hydrogen) atoms. The van der Waals surface area contributed by atoms with Gasteiger partial charge in [0.2, 0.25) is 5.91 Å². The van der Waals surface area contributed by atoms with Crippen LogP contribution in [0.25, 0.3) is 0 Å². The van der Waals surface area contributed by atoms with Crippen LogP contribution >= 0.6 is 0 Å². The van der Waals surface area contributed by atoms with Crippen LogP contribution in [0.1, 0.15) is 47.3 Å². The van der Waals surface area contributed by atoms with Crippen molar-refractivity contribution < 1.29 is 9.59 Å². The minimum absolute atomic E-state index is 0.00245. The number of benzene rings is 2. The maximum Gasteiger partial charge on any atom is 0.219 e. The topological polar surface area (TPSA) is 61.2 Å². The lowest BCUT2D eigenvalue weighted by Gasteiger charge is -2.19. The van der Waals surface area contributed by atoms with Gasteiger partial charge in [0.1, 0.15) is 0 Å². The molecule has 0 unspecified atom stereocenters. The number of nitriles is 1. The summed E-state index contributed by atoms with van der Waals surface area (Å²) in [6.07, 6.45) is 0.862. The molecule has 0 saturated heterocycles. The summed E-state index contributed by atoms with van der Waals surface area (Å²) < 4.78 is 0. The molecule has 136 valence electrons. The van der Waals surface area contributed by atoms with Gasteiger partial charge in [0.25, 0.3) is 0 Å². The molecule has 0 N–H and O–H groups in total. The molecule has 2 aromatic rings. The van der Waals surface area contributed by atoms with Crippen LogP contribution in [0.2, 0.25) is 0 Å². The van der Waals surface area contributed by atoms with E-state index in [0.29, 0.717) is 12.1 Å². The van der Waals surface area contributed by atoms with Crippen molar-refractivity contribution in [1.82, 2.24) is 4.90 Å². The molecular formula is C22H26N2O2. The summed E-state index contributed by atoms with van der Waals surface area (Å²) in [6.45, 7) is 8.25. The molecule has 0 aliphatic carbocycles. The summed E-state index contributed by atoms with van der Waals surface area (Å²) >= 11 is 0. The first-order valence-corrected chi connectivity index (χ1v) is 8.69. The van der Waals surface area contributed by atoms with Gasteiger partial charge in [0.05, 0.1) is 18.2 Å². The van der Waals surface area contributed by atoms with Gasteiger partial charge in [-0.3, -0.25) is 9.59 Å². The van der Waals surface area contributed by atoms with Crippen LogP contribution in [0.15, 0.2) is 48.5 Å². The van der Waals surface area contributed by atoms with Gasteiger partial charge in [-0.25, -0.2) is 0 Å². The number of aryl methyl sites for hydroxylation is 2. The van der Waals surface area contributed by atoms with Gasteiger partial charge in [0.15, 0.2) is 5.78 Å². The van der Waals surface area contributed by atoms with E-state index >= 15 is 0 Å². The summed E-state index contributed by atoms with van der Waals surface area (Å²) in [5.74, 6) is -0.0507. The van der Waals surface area contributed by atoms with Gasteiger partial charge in [-0.2, -0.15) is 5.26 Å². The molecule has 0 heterocycles. The maximum atomic E-state index is 12.0. The third-order valence-electron chi connectivity index (χ3n) is 3.79. The third-order valence-corrected chi connectivity index (χ3v) is 3.79. The monoisotopic (exact) mass is 350 g/mol. The zero-order valence-corrected chi connectivity index (χ0v) is 16.0. The van der Waals surface area contributed by atoms with Crippen molar-refractivity contribution in [3.63, 3.8) is 0 Å². The number of amides is 1. The van der Waals surface area contributed by atoms with Crippen molar-refractivity contribution in [1.29, 1.82) is 5.26 Å².